The lowest BCUT2D eigenvalue weighted by atomic mass is 9.95. The highest BCUT2D eigenvalue weighted by molar-refractivity contribution is 5.76. The molecule has 0 rings (SSSR count). The van der Waals surface area contributed by atoms with Crippen LogP contribution in [0.4, 0.5) is 0 Å². The van der Waals surface area contributed by atoms with Gasteiger partial charge in [-0.05, 0) is 63.2 Å². The molecule has 0 atom stereocenters. The molecule has 0 saturated heterocycles. The molecule has 10 nitrogen and oxygen atoms in total. The topological polar surface area (TPSA) is 140 Å². The Hall–Kier alpha value is -2.20. The third-order valence-electron chi connectivity index (χ3n) is 12.3. The molecule has 0 aromatic carbocycles. The number of carbonyl (C=O) groups is 4. The summed E-state index contributed by atoms with van der Waals surface area (Å²) in [6.07, 6.45) is 36.4. The zero-order valence-corrected chi connectivity index (χ0v) is 41.3. The summed E-state index contributed by atoms with van der Waals surface area (Å²) in [4.78, 5) is 51.9. The van der Waals surface area contributed by atoms with Crippen LogP contribution in [-0.4, -0.2) is 81.1 Å². The van der Waals surface area contributed by atoms with Crippen molar-refractivity contribution in [2.45, 2.75) is 246 Å². The van der Waals surface area contributed by atoms with E-state index in [1.54, 1.807) is 0 Å². The summed E-state index contributed by atoms with van der Waals surface area (Å²) < 4.78 is 11.4. The number of esters is 2. The Bertz CT molecular complexity index is 929. The van der Waals surface area contributed by atoms with E-state index in [0.717, 1.165) is 64.2 Å². The Balaban J connectivity index is 4.00. The van der Waals surface area contributed by atoms with E-state index < -0.39 is 0 Å². The Kier molecular flexibility index (Phi) is 45.1. The van der Waals surface area contributed by atoms with E-state index in [1.165, 1.54) is 128 Å². The van der Waals surface area contributed by atoms with Crippen LogP contribution in [0.2, 0.25) is 0 Å². The van der Waals surface area contributed by atoms with Crippen LogP contribution in [0.5, 0.6) is 0 Å². The van der Waals surface area contributed by atoms with Gasteiger partial charge >= 0.3 is 11.9 Å². The van der Waals surface area contributed by atoms with Crippen LogP contribution in [0.3, 0.4) is 0 Å². The molecular weight excluding hydrogens is 777 g/mol. The first-order chi connectivity index (χ1) is 30.3. The third kappa shape index (κ3) is 41.8. The van der Waals surface area contributed by atoms with Gasteiger partial charge in [-0.15, -0.1) is 0 Å². The molecule has 0 spiro atoms. The molecule has 0 saturated carbocycles. The zero-order valence-electron chi connectivity index (χ0n) is 41.3. The number of hydrogen-bond acceptors (Lipinski definition) is 8. The van der Waals surface area contributed by atoms with Crippen molar-refractivity contribution in [1.29, 1.82) is 0 Å². The van der Waals surface area contributed by atoms with Gasteiger partial charge in [-0.2, -0.15) is 0 Å². The lowest BCUT2D eigenvalue weighted by Gasteiger charge is -2.21. The van der Waals surface area contributed by atoms with E-state index in [9.17, 15) is 19.2 Å². The van der Waals surface area contributed by atoms with Gasteiger partial charge in [-0.1, -0.05) is 169 Å². The van der Waals surface area contributed by atoms with Crippen molar-refractivity contribution in [2.24, 2.45) is 17.6 Å². The van der Waals surface area contributed by atoms with Gasteiger partial charge in [0.15, 0.2) is 0 Å². The van der Waals surface area contributed by atoms with E-state index in [0.29, 0.717) is 90.0 Å². The second-order valence-corrected chi connectivity index (χ2v) is 18.4. The lowest BCUT2D eigenvalue weighted by molar-refractivity contribution is -0.146. The van der Waals surface area contributed by atoms with Gasteiger partial charge in [0.25, 0.3) is 0 Å². The molecule has 0 unspecified atom stereocenters. The first-order valence-electron chi connectivity index (χ1n) is 26.6. The minimum Gasteiger partial charge on any atom is -0.465 e. The van der Waals surface area contributed by atoms with Gasteiger partial charge in [0, 0.05) is 65.0 Å². The minimum atomic E-state index is -0.0528. The molecule has 0 heterocycles. The number of hydrogen-bond donors (Lipinski definition) is 3. The van der Waals surface area contributed by atoms with Crippen molar-refractivity contribution >= 4 is 23.8 Å². The standard InChI is InChI=1S/C52H102N4O6/c1-5-9-13-23-31-47(32-24-14-10-6-2)45-61-51(59)35-27-19-17-21-29-40-54-49(57)37-42-56(44-39-53)43-38-50(58)55-41-30-22-18-20-28-36-52(60)62-46-48(33-25-15-11-7-3)34-26-16-12-8-4/h47-48H,5-46,53H2,1-4H3,(H,54,57)(H,55,58). The Morgan fingerprint density at radius 1 is 0.419 bits per heavy atom. The van der Waals surface area contributed by atoms with E-state index in [1.807, 2.05) is 0 Å². The second-order valence-electron chi connectivity index (χ2n) is 18.4. The Morgan fingerprint density at radius 3 is 1.08 bits per heavy atom. The van der Waals surface area contributed by atoms with Crippen LogP contribution in [-0.2, 0) is 28.7 Å². The summed E-state index contributed by atoms with van der Waals surface area (Å²) in [5, 5.41) is 6.07. The van der Waals surface area contributed by atoms with Crippen molar-refractivity contribution in [2.75, 3.05) is 52.5 Å². The highest BCUT2D eigenvalue weighted by Crippen LogP contribution is 2.21. The van der Waals surface area contributed by atoms with Crippen LogP contribution in [0, 0.1) is 11.8 Å². The number of unbranched alkanes of at least 4 members (excludes halogenated alkanes) is 20. The summed E-state index contributed by atoms with van der Waals surface area (Å²) >= 11 is 0. The molecule has 0 bridgehead atoms. The number of nitrogens with two attached hydrogens (primary N) is 1. The second kappa shape index (κ2) is 46.8. The van der Waals surface area contributed by atoms with Gasteiger partial charge in [0.2, 0.25) is 11.8 Å². The third-order valence-corrected chi connectivity index (χ3v) is 12.3. The molecule has 62 heavy (non-hydrogen) atoms. The summed E-state index contributed by atoms with van der Waals surface area (Å²) in [7, 11) is 0. The molecule has 4 N–H and O–H groups in total. The minimum absolute atomic E-state index is 0.0279. The molecular formula is C52H102N4O6. The lowest BCUT2D eigenvalue weighted by Crippen LogP contribution is -2.37. The fourth-order valence-corrected chi connectivity index (χ4v) is 8.15. The Morgan fingerprint density at radius 2 is 0.742 bits per heavy atom. The van der Waals surface area contributed by atoms with Gasteiger partial charge in [-0.3, -0.25) is 19.2 Å². The normalized spacial score (nSPS) is 11.5. The highest BCUT2D eigenvalue weighted by Gasteiger charge is 2.15. The van der Waals surface area contributed by atoms with E-state index in [2.05, 4.69) is 43.2 Å². The number of nitrogens with one attached hydrogen (secondary N) is 2. The van der Waals surface area contributed by atoms with Crippen LogP contribution in [0.15, 0.2) is 0 Å². The fraction of sp³-hybridized carbons (Fsp3) is 0.923. The highest BCUT2D eigenvalue weighted by atomic mass is 16.5. The van der Waals surface area contributed by atoms with Crippen molar-refractivity contribution in [3.63, 3.8) is 0 Å². The van der Waals surface area contributed by atoms with Crippen LogP contribution >= 0.6 is 0 Å². The predicted molar refractivity (Wildman–Crippen MR) is 260 cm³/mol. The monoisotopic (exact) mass is 879 g/mol. The van der Waals surface area contributed by atoms with E-state index in [-0.39, 0.29) is 23.8 Å². The molecule has 366 valence electrons. The van der Waals surface area contributed by atoms with Crippen molar-refractivity contribution in [1.82, 2.24) is 15.5 Å². The Labute approximate surface area is 382 Å². The molecule has 0 aliphatic heterocycles. The van der Waals surface area contributed by atoms with Crippen LogP contribution < -0.4 is 16.4 Å². The SMILES string of the molecule is CCCCCCC(CCCCCC)COC(=O)CCCCCCCNC(=O)CCN(CCN)CCC(=O)NCCCCCCCC(=O)OCC(CCCCCC)CCCCCC. The molecule has 10 heteroatoms. The average Bonchev–Trinajstić information content (AvgIpc) is 3.27. The summed E-state index contributed by atoms with van der Waals surface area (Å²) in [5.41, 5.74) is 5.83. The molecule has 0 fully saturated rings. The van der Waals surface area contributed by atoms with Gasteiger partial charge in [0.05, 0.1) is 13.2 Å². The van der Waals surface area contributed by atoms with E-state index in [4.69, 9.17) is 15.2 Å². The van der Waals surface area contributed by atoms with E-state index >= 15 is 0 Å². The maximum atomic E-state index is 12.5. The van der Waals surface area contributed by atoms with Crippen molar-refractivity contribution in [3.8, 4) is 0 Å². The first-order valence-corrected chi connectivity index (χ1v) is 26.6. The number of rotatable bonds is 48. The molecule has 2 amide bonds. The smallest absolute Gasteiger partial charge is 0.305 e. The quantitative estimate of drug-likeness (QED) is 0.0405. The first kappa shape index (κ1) is 59.8. The molecule has 0 radical (unpaired) electrons. The van der Waals surface area contributed by atoms with Crippen molar-refractivity contribution < 1.29 is 28.7 Å². The average molecular weight is 879 g/mol. The zero-order chi connectivity index (χ0) is 45.6. The number of amides is 2. The molecule has 0 aromatic rings. The van der Waals surface area contributed by atoms with Crippen LogP contribution in [0.1, 0.15) is 246 Å². The molecule has 0 aromatic heterocycles. The maximum absolute atomic E-state index is 12.5. The summed E-state index contributed by atoms with van der Waals surface area (Å²) in [5.74, 6) is 0.960. The molecule has 0 aliphatic rings. The van der Waals surface area contributed by atoms with Gasteiger partial charge in [0.1, 0.15) is 0 Å². The summed E-state index contributed by atoms with van der Waals surface area (Å²) in [6, 6.07) is 0. The molecule has 0 aliphatic carbocycles. The van der Waals surface area contributed by atoms with Crippen molar-refractivity contribution in [3.05, 3.63) is 0 Å². The number of nitrogens with zero attached hydrogens (tertiary/aromatic N) is 1. The summed E-state index contributed by atoms with van der Waals surface area (Å²) in [6.45, 7) is 13.7. The predicted octanol–water partition coefficient (Wildman–Crippen LogP) is 12.1. The fourth-order valence-electron chi connectivity index (χ4n) is 8.15. The maximum Gasteiger partial charge on any atom is 0.305 e. The van der Waals surface area contributed by atoms with Gasteiger partial charge < -0.3 is 30.7 Å². The largest absolute Gasteiger partial charge is 0.465 e. The number of ether oxygens (including phenoxy) is 2. The van der Waals surface area contributed by atoms with Gasteiger partial charge in [-0.25, -0.2) is 0 Å². The van der Waals surface area contributed by atoms with Crippen LogP contribution in [0.25, 0.3) is 0 Å². The number of carbonyl (C=O) groups excluding carboxylic acids is 4.